The van der Waals surface area contributed by atoms with Gasteiger partial charge in [0.2, 0.25) is 5.91 Å². The molecule has 2 aliphatic rings. The van der Waals surface area contributed by atoms with Gasteiger partial charge in [-0.3, -0.25) is 4.79 Å². The van der Waals surface area contributed by atoms with Crippen molar-refractivity contribution in [3.05, 3.63) is 29.8 Å². The second kappa shape index (κ2) is 7.19. The van der Waals surface area contributed by atoms with Crippen LogP contribution in [0, 0.1) is 5.92 Å². The number of carbonyl (C=O) groups is 1. The number of benzene rings is 1. The lowest BCUT2D eigenvalue weighted by Gasteiger charge is -2.31. The minimum Gasteiger partial charge on any atom is -0.405 e. The summed E-state index contributed by atoms with van der Waals surface area (Å²) in [4.78, 5) is 14.2. The topological polar surface area (TPSA) is 55.6 Å². The number of nitrogens with two attached hydrogens (primary N) is 1. The van der Waals surface area contributed by atoms with E-state index < -0.39 is 6.36 Å². The van der Waals surface area contributed by atoms with E-state index in [1.165, 1.54) is 12.1 Å². The number of piperidine rings is 1. The first kappa shape index (κ1) is 18.9. The molecule has 1 aromatic rings. The Morgan fingerprint density at radius 2 is 2.00 bits per heavy atom. The maximum Gasteiger partial charge on any atom is 0.573 e. The average molecular weight is 365 g/mol. The van der Waals surface area contributed by atoms with Crippen LogP contribution in [0.3, 0.4) is 0 Å². The number of likely N-dealkylation sites (tertiary alicyclic amines) is 1. The lowest BCUT2D eigenvalue weighted by atomic mass is 10.0. The minimum atomic E-state index is -4.73. The molecular formula is C16H20ClF3N2O2. The third-order valence-electron chi connectivity index (χ3n) is 4.42. The average Bonchev–Trinajstić information content (AvgIpc) is 3.25. The van der Waals surface area contributed by atoms with Gasteiger partial charge in [0.15, 0.2) is 0 Å². The van der Waals surface area contributed by atoms with Crippen LogP contribution in [0.15, 0.2) is 24.3 Å². The van der Waals surface area contributed by atoms with Crippen molar-refractivity contribution < 1.29 is 22.7 Å². The molecular weight excluding hydrogens is 345 g/mol. The Bertz CT molecular complexity index is 597. The standard InChI is InChI=1S/C16H19F3N2O2.ClH/c17-16(18,19)23-14-6-2-1-5-11(14)12-8-13(12)15(22)21-7-3-4-10(20)9-21;/h1-2,5-6,10,12-13H,3-4,7-9,20H2;1H. The summed E-state index contributed by atoms with van der Waals surface area (Å²) in [6.07, 6.45) is -2.40. The van der Waals surface area contributed by atoms with E-state index in [2.05, 4.69) is 4.74 Å². The molecule has 2 fully saturated rings. The van der Waals surface area contributed by atoms with Crippen molar-refractivity contribution >= 4 is 18.3 Å². The van der Waals surface area contributed by atoms with Crippen molar-refractivity contribution in [3.8, 4) is 5.75 Å². The van der Waals surface area contributed by atoms with Crippen molar-refractivity contribution in [1.82, 2.24) is 4.90 Å². The molecule has 1 saturated carbocycles. The summed E-state index contributed by atoms with van der Waals surface area (Å²) in [6, 6.07) is 6.04. The zero-order valence-corrected chi connectivity index (χ0v) is 13.8. The zero-order valence-electron chi connectivity index (χ0n) is 13.0. The summed E-state index contributed by atoms with van der Waals surface area (Å²) >= 11 is 0. The lowest BCUT2D eigenvalue weighted by molar-refractivity contribution is -0.274. The summed E-state index contributed by atoms with van der Waals surface area (Å²) in [7, 11) is 0. The Hall–Kier alpha value is -1.47. The van der Waals surface area contributed by atoms with Gasteiger partial charge in [-0.05, 0) is 36.8 Å². The Morgan fingerprint density at radius 3 is 2.67 bits per heavy atom. The van der Waals surface area contributed by atoms with Gasteiger partial charge in [0.05, 0.1) is 0 Å². The normalized spacial score (nSPS) is 26.5. The highest BCUT2D eigenvalue weighted by atomic mass is 35.5. The lowest BCUT2D eigenvalue weighted by Crippen LogP contribution is -2.46. The molecule has 1 amide bonds. The van der Waals surface area contributed by atoms with E-state index in [-0.39, 0.29) is 41.9 Å². The van der Waals surface area contributed by atoms with Gasteiger partial charge in [0.25, 0.3) is 0 Å². The Kier molecular flexibility index (Phi) is 5.65. The van der Waals surface area contributed by atoms with Gasteiger partial charge >= 0.3 is 6.36 Å². The Labute approximate surface area is 144 Å². The monoisotopic (exact) mass is 364 g/mol. The molecule has 0 aromatic heterocycles. The van der Waals surface area contributed by atoms with E-state index in [4.69, 9.17) is 5.73 Å². The van der Waals surface area contributed by atoms with Crippen LogP contribution in [-0.2, 0) is 4.79 Å². The van der Waals surface area contributed by atoms with Crippen LogP contribution in [0.1, 0.15) is 30.7 Å². The summed E-state index contributed by atoms with van der Waals surface area (Å²) in [6.45, 7) is 1.21. The van der Waals surface area contributed by atoms with Crippen LogP contribution in [0.5, 0.6) is 5.75 Å². The van der Waals surface area contributed by atoms with Gasteiger partial charge in [-0.15, -0.1) is 25.6 Å². The molecule has 0 spiro atoms. The third kappa shape index (κ3) is 4.33. The van der Waals surface area contributed by atoms with Crippen molar-refractivity contribution in [1.29, 1.82) is 0 Å². The molecule has 1 aliphatic carbocycles. The van der Waals surface area contributed by atoms with Crippen LogP contribution in [0.25, 0.3) is 0 Å². The van der Waals surface area contributed by atoms with Crippen LogP contribution in [-0.4, -0.2) is 36.3 Å². The van der Waals surface area contributed by atoms with Gasteiger partial charge in [0, 0.05) is 25.0 Å². The molecule has 3 atom stereocenters. The van der Waals surface area contributed by atoms with E-state index in [9.17, 15) is 18.0 Å². The number of nitrogens with zero attached hydrogens (tertiary/aromatic N) is 1. The van der Waals surface area contributed by atoms with Crippen molar-refractivity contribution in [3.63, 3.8) is 0 Å². The molecule has 2 N–H and O–H groups in total. The summed E-state index contributed by atoms with van der Waals surface area (Å²) in [5.41, 5.74) is 6.33. The van der Waals surface area contributed by atoms with Crippen LogP contribution in [0.4, 0.5) is 13.2 Å². The highest BCUT2D eigenvalue weighted by molar-refractivity contribution is 5.85. The van der Waals surface area contributed by atoms with Gasteiger partial charge in [0.1, 0.15) is 5.75 Å². The quantitative estimate of drug-likeness (QED) is 0.896. The maximum atomic E-state index is 12.5. The summed E-state index contributed by atoms with van der Waals surface area (Å²) in [5.74, 6) is -0.694. The fourth-order valence-electron chi connectivity index (χ4n) is 3.26. The molecule has 4 nitrogen and oxygen atoms in total. The molecule has 24 heavy (non-hydrogen) atoms. The number of hydrogen-bond donors (Lipinski definition) is 1. The molecule has 1 aliphatic heterocycles. The van der Waals surface area contributed by atoms with E-state index in [1.54, 1.807) is 17.0 Å². The zero-order chi connectivity index (χ0) is 16.6. The van der Waals surface area contributed by atoms with Crippen molar-refractivity contribution in [2.45, 2.75) is 37.6 Å². The number of amides is 1. The number of rotatable bonds is 3. The highest BCUT2D eigenvalue weighted by Crippen LogP contribution is 2.51. The third-order valence-corrected chi connectivity index (χ3v) is 4.42. The van der Waals surface area contributed by atoms with Crippen molar-refractivity contribution in [2.24, 2.45) is 11.7 Å². The largest absolute Gasteiger partial charge is 0.573 e. The van der Waals surface area contributed by atoms with Gasteiger partial charge in [-0.1, -0.05) is 18.2 Å². The van der Waals surface area contributed by atoms with Crippen molar-refractivity contribution in [2.75, 3.05) is 13.1 Å². The molecule has 8 heteroatoms. The Balaban J connectivity index is 0.00000208. The van der Waals surface area contributed by atoms with Crippen LogP contribution in [0.2, 0.25) is 0 Å². The summed E-state index contributed by atoms with van der Waals surface area (Å²) < 4.78 is 41.5. The van der Waals surface area contributed by atoms with Gasteiger partial charge in [-0.25, -0.2) is 0 Å². The molecule has 3 rings (SSSR count). The predicted molar refractivity (Wildman–Crippen MR) is 85.0 cm³/mol. The maximum absolute atomic E-state index is 12.5. The predicted octanol–water partition coefficient (Wildman–Crippen LogP) is 3.06. The smallest absolute Gasteiger partial charge is 0.405 e. The SMILES string of the molecule is Cl.NC1CCCN(C(=O)C2CC2c2ccccc2OC(F)(F)F)C1. The Morgan fingerprint density at radius 1 is 1.29 bits per heavy atom. The number of halogens is 4. The molecule has 1 saturated heterocycles. The van der Waals surface area contributed by atoms with Crippen LogP contribution >= 0.6 is 12.4 Å². The second-order valence-corrected chi connectivity index (χ2v) is 6.22. The number of para-hydroxylation sites is 1. The first-order valence-corrected chi connectivity index (χ1v) is 7.74. The van der Waals surface area contributed by atoms with E-state index in [0.717, 1.165) is 12.8 Å². The molecule has 1 aromatic carbocycles. The van der Waals surface area contributed by atoms with Gasteiger partial charge < -0.3 is 15.4 Å². The first-order chi connectivity index (χ1) is 10.8. The number of ether oxygens (including phenoxy) is 1. The molecule has 1 heterocycles. The molecule has 0 bridgehead atoms. The second-order valence-electron chi connectivity index (χ2n) is 6.22. The molecule has 0 radical (unpaired) electrons. The van der Waals surface area contributed by atoms with E-state index in [1.807, 2.05) is 0 Å². The molecule has 134 valence electrons. The van der Waals surface area contributed by atoms with E-state index in [0.29, 0.717) is 25.1 Å². The van der Waals surface area contributed by atoms with E-state index >= 15 is 0 Å². The highest BCUT2D eigenvalue weighted by Gasteiger charge is 2.48. The fourth-order valence-corrected chi connectivity index (χ4v) is 3.26. The first-order valence-electron chi connectivity index (χ1n) is 7.74. The number of hydrogen-bond acceptors (Lipinski definition) is 3. The number of carbonyl (C=O) groups excluding carboxylic acids is 1. The summed E-state index contributed by atoms with van der Waals surface area (Å²) in [5, 5.41) is 0. The molecule has 3 unspecified atom stereocenters. The number of alkyl halides is 3. The van der Waals surface area contributed by atoms with Crippen LogP contribution < -0.4 is 10.5 Å². The minimum absolute atomic E-state index is 0. The fraction of sp³-hybridized carbons (Fsp3) is 0.562. The van der Waals surface area contributed by atoms with Gasteiger partial charge in [-0.2, -0.15) is 0 Å².